The third kappa shape index (κ3) is 2.69. The monoisotopic (exact) mass is 238 g/mol. The second-order valence-electron chi connectivity index (χ2n) is 4.33. The van der Waals surface area contributed by atoms with Crippen LogP contribution in [-0.2, 0) is 4.74 Å². The molecule has 0 aliphatic heterocycles. The van der Waals surface area contributed by atoms with Gasteiger partial charge in [0, 0.05) is 7.11 Å². The molecule has 1 heteroatoms. The highest BCUT2D eigenvalue weighted by Gasteiger charge is 2.03. The van der Waals surface area contributed by atoms with Crippen LogP contribution in [0.4, 0.5) is 0 Å². The highest BCUT2D eigenvalue weighted by Crippen LogP contribution is 2.23. The minimum Gasteiger partial charge on any atom is -0.377 e. The molecule has 0 saturated carbocycles. The van der Waals surface area contributed by atoms with E-state index in [-0.39, 0.29) is 6.10 Å². The quantitative estimate of drug-likeness (QED) is 0.750. The minimum absolute atomic E-state index is 0.141. The van der Waals surface area contributed by atoms with Gasteiger partial charge in [-0.15, -0.1) is 0 Å². The van der Waals surface area contributed by atoms with E-state index in [1.165, 1.54) is 16.7 Å². The van der Waals surface area contributed by atoms with Gasteiger partial charge in [-0.1, -0.05) is 61.2 Å². The van der Waals surface area contributed by atoms with Gasteiger partial charge in [0.25, 0.3) is 0 Å². The summed E-state index contributed by atoms with van der Waals surface area (Å²) in [4.78, 5) is 0. The van der Waals surface area contributed by atoms with Crippen LogP contribution < -0.4 is 0 Å². The number of ether oxygens (including phenoxy) is 1. The molecule has 18 heavy (non-hydrogen) atoms. The van der Waals surface area contributed by atoms with Gasteiger partial charge in [-0.2, -0.15) is 0 Å². The van der Waals surface area contributed by atoms with Gasteiger partial charge in [0.2, 0.25) is 0 Å². The number of hydrogen-bond donors (Lipinski definition) is 0. The van der Waals surface area contributed by atoms with Crippen molar-refractivity contribution in [1.29, 1.82) is 0 Å². The van der Waals surface area contributed by atoms with Crippen LogP contribution in [0.2, 0.25) is 0 Å². The second-order valence-corrected chi connectivity index (χ2v) is 4.33. The summed E-state index contributed by atoms with van der Waals surface area (Å²) in [6, 6.07) is 16.9. The highest BCUT2D eigenvalue weighted by molar-refractivity contribution is 5.65. The largest absolute Gasteiger partial charge is 0.377 e. The topological polar surface area (TPSA) is 9.23 Å². The van der Waals surface area contributed by atoms with E-state index in [0.717, 1.165) is 5.56 Å². The summed E-state index contributed by atoms with van der Waals surface area (Å²) >= 11 is 0. The van der Waals surface area contributed by atoms with Crippen molar-refractivity contribution in [2.24, 2.45) is 0 Å². The third-order valence-corrected chi connectivity index (χ3v) is 3.21. The molecule has 0 amide bonds. The van der Waals surface area contributed by atoms with Gasteiger partial charge >= 0.3 is 0 Å². The summed E-state index contributed by atoms with van der Waals surface area (Å²) < 4.78 is 5.30. The van der Waals surface area contributed by atoms with Gasteiger partial charge in [0.05, 0.1) is 6.10 Å². The van der Waals surface area contributed by atoms with Crippen LogP contribution in [0.5, 0.6) is 0 Å². The molecule has 92 valence electrons. The molecule has 0 saturated heterocycles. The predicted molar refractivity (Wildman–Crippen MR) is 77.4 cm³/mol. The molecule has 1 unspecified atom stereocenters. The van der Waals surface area contributed by atoms with Crippen molar-refractivity contribution >= 4 is 6.08 Å². The van der Waals surface area contributed by atoms with E-state index in [4.69, 9.17) is 4.74 Å². The molecule has 0 spiro atoms. The molecular formula is C17H18O. The summed E-state index contributed by atoms with van der Waals surface area (Å²) in [5, 5.41) is 0. The molecule has 0 fully saturated rings. The lowest BCUT2D eigenvalue weighted by Gasteiger charge is -2.10. The summed E-state index contributed by atoms with van der Waals surface area (Å²) in [6.45, 7) is 5.81. The Balaban J connectivity index is 2.25. The normalized spacial score (nSPS) is 12.1. The Morgan fingerprint density at radius 1 is 0.944 bits per heavy atom. The summed E-state index contributed by atoms with van der Waals surface area (Å²) in [6.07, 6.45) is 2.00. The molecule has 2 aromatic carbocycles. The van der Waals surface area contributed by atoms with Crippen LogP contribution in [0.1, 0.15) is 24.2 Å². The average Bonchev–Trinajstić information content (AvgIpc) is 2.47. The van der Waals surface area contributed by atoms with E-state index in [0.29, 0.717) is 0 Å². The van der Waals surface area contributed by atoms with E-state index in [1.54, 1.807) is 7.11 Å². The summed E-state index contributed by atoms with van der Waals surface area (Å²) in [5.41, 5.74) is 4.78. The van der Waals surface area contributed by atoms with Gasteiger partial charge in [-0.25, -0.2) is 0 Å². The molecule has 1 nitrogen and oxygen atoms in total. The van der Waals surface area contributed by atoms with Crippen LogP contribution >= 0.6 is 0 Å². The van der Waals surface area contributed by atoms with Gasteiger partial charge in [-0.05, 0) is 29.2 Å². The molecule has 0 aromatic heterocycles. The first-order valence-electron chi connectivity index (χ1n) is 6.10. The molecule has 2 aromatic rings. The van der Waals surface area contributed by atoms with E-state index >= 15 is 0 Å². The maximum Gasteiger partial charge on any atom is 0.0793 e. The fourth-order valence-electron chi connectivity index (χ4n) is 1.89. The smallest absolute Gasteiger partial charge is 0.0793 e. The SMILES string of the molecule is C=Cc1ccc(-c2ccc(C(C)OC)cc2)cc1. The number of benzene rings is 2. The Hall–Kier alpha value is -1.86. The van der Waals surface area contributed by atoms with Crippen LogP contribution in [0, 0.1) is 0 Å². The second kappa shape index (κ2) is 5.65. The Kier molecular flexibility index (Phi) is 3.96. The lowest BCUT2D eigenvalue weighted by molar-refractivity contribution is 0.119. The predicted octanol–water partition coefficient (Wildman–Crippen LogP) is 4.70. The summed E-state index contributed by atoms with van der Waals surface area (Å²) in [5.74, 6) is 0. The van der Waals surface area contributed by atoms with E-state index in [1.807, 2.05) is 13.0 Å². The highest BCUT2D eigenvalue weighted by atomic mass is 16.5. The van der Waals surface area contributed by atoms with Gasteiger partial charge in [-0.3, -0.25) is 0 Å². The van der Waals surface area contributed by atoms with Crippen LogP contribution in [0.25, 0.3) is 17.2 Å². The fourth-order valence-corrected chi connectivity index (χ4v) is 1.89. The minimum atomic E-state index is 0.141. The molecule has 0 aliphatic rings. The standard InChI is InChI=1S/C17H18O/c1-4-14-5-7-16(8-6-14)17-11-9-15(10-12-17)13(2)18-3/h4-13H,1H2,2-3H3. The number of rotatable bonds is 4. The first kappa shape index (κ1) is 12.6. The van der Waals surface area contributed by atoms with Crippen LogP contribution in [0.3, 0.4) is 0 Å². The lowest BCUT2D eigenvalue weighted by Crippen LogP contribution is -1.94. The maximum absolute atomic E-state index is 5.30. The van der Waals surface area contributed by atoms with Crippen molar-refractivity contribution < 1.29 is 4.74 Å². The molecule has 0 N–H and O–H groups in total. The van der Waals surface area contributed by atoms with Gasteiger partial charge in [0.1, 0.15) is 0 Å². The van der Waals surface area contributed by atoms with Crippen LogP contribution in [0.15, 0.2) is 55.1 Å². The molecular weight excluding hydrogens is 220 g/mol. The first-order chi connectivity index (χ1) is 8.74. The molecule has 0 radical (unpaired) electrons. The number of methoxy groups -OCH3 is 1. The first-order valence-corrected chi connectivity index (χ1v) is 6.10. The van der Waals surface area contributed by atoms with Crippen LogP contribution in [-0.4, -0.2) is 7.11 Å². The Morgan fingerprint density at radius 2 is 1.44 bits per heavy atom. The van der Waals surface area contributed by atoms with Crippen molar-refractivity contribution in [2.45, 2.75) is 13.0 Å². The van der Waals surface area contributed by atoms with Gasteiger partial charge < -0.3 is 4.74 Å². The van der Waals surface area contributed by atoms with Gasteiger partial charge in [0.15, 0.2) is 0 Å². The van der Waals surface area contributed by atoms with Crippen molar-refractivity contribution in [3.8, 4) is 11.1 Å². The van der Waals surface area contributed by atoms with Crippen molar-refractivity contribution in [2.75, 3.05) is 7.11 Å². The fraction of sp³-hybridized carbons (Fsp3) is 0.176. The zero-order valence-electron chi connectivity index (χ0n) is 10.9. The van der Waals surface area contributed by atoms with Crippen molar-refractivity contribution in [3.63, 3.8) is 0 Å². The molecule has 2 rings (SSSR count). The zero-order chi connectivity index (χ0) is 13.0. The maximum atomic E-state index is 5.30. The van der Waals surface area contributed by atoms with Crippen molar-refractivity contribution in [1.82, 2.24) is 0 Å². The van der Waals surface area contributed by atoms with Crippen molar-refractivity contribution in [3.05, 3.63) is 66.2 Å². The Morgan fingerprint density at radius 3 is 1.89 bits per heavy atom. The molecule has 0 heterocycles. The third-order valence-electron chi connectivity index (χ3n) is 3.21. The average molecular weight is 238 g/mol. The molecule has 0 bridgehead atoms. The number of hydrogen-bond acceptors (Lipinski definition) is 1. The summed E-state index contributed by atoms with van der Waals surface area (Å²) in [7, 11) is 1.73. The molecule has 0 aliphatic carbocycles. The van der Waals surface area contributed by atoms with E-state index < -0.39 is 0 Å². The molecule has 1 atom stereocenters. The Labute approximate surface area is 109 Å². The lowest BCUT2D eigenvalue weighted by atomic mass is 10.0. The zero-order valence-corrected chi connectivity index (χ0v) is 10.9. The van der Waals surface area contributed by atoms with E-state index in [9.17, 15) is 0 Å². The Bertz CT molecular complexity index is 508. The van der Waals surface area contributed by atoms with E-state index in [2.05, 4.69) is 55.1 Å².